The van der Waals surface area contributed by atoms with Crippen molar-refractivity contribution in [2.24, 2.45) is 0 Å². The van der Waals surface area contributed by atoms with Crippen LogP contribution in [0.5, 0.6) is 11.5 Å². The van der Waals surface area contributed by atoms with Gasteiger partial charge in [0.2, 0.25) is 0 Å². The molecule has 4 heterocycles. The van der Waals surface area contributed by atoms with Crippen LogP contribution >= 0.6 is 58.0 Å². The zero-order chi connectivity index (χ0) is 40.1. The maximum absolute atomic E-state index is 14.1. The van der Waals surface area contributed by atoms with Crippen molar-refractivity contribution in [3.8, 4) is 22.8 Å². The first-order chi connectivity index (χ1) is 26.3. The number of hydrogen-bond acceptors (Lipinski definition) is 8. The van der Waals surface area contributed by atoms with Gasteiger partial charge in [-0.25, -0.2) is 19.3 Å². The highest BCUT2D eigenvalue weighted by atomic mass is 35.5. The van der Waals surface area contributed by atoms with Crippen LogP contribution in [0.1, 0.15) is 58.7 Å². The number of aryl methyl sites for hydroxylation is 2. The fourth-order valence-corrected chi connectivity index (χ4v) is 6.46. The van der Waals surface area contributed by atoms with Crippen LogP contribution in [-0.2, 0) is 12.8 Å². The van der Waals surface area contributed by atoms with Crippen LogP contribution in [0.2, 0.25) is 25.6 Å². The van der Waals surface area contributed by atoms with Gasteiger partial charge in [-0.05, 0) is 84.6 Å². The minimum absolute atomic E-state index is 0.00446. The lowest BCUT2D eigenvalue weighted by molar-refractivity contribution is 0.0915. The van der Waals surface area contributed by atoms with Crippen molar-refractivity contribution in [2.45, 2.75) is 39.5 Å². The van der Waals surface area contributed by atoms with E-state index in [1.54, 1.807) is 42.6 Å². The molecular weight excluding hydrogens is 813 g/mol. The number of ketones is 2. The summed E-state index contributed by atoms with van der Waals surface area (Å²) in [5.41, 5.74) is 4.37. The number of methoxy groups -OCH3 is 1. The zero-order valence-corrected chi connectivity index (χ0v) is 33.7. The lowest BCUT2D eigenvalue weighted by atomic mass is 10.0. The predicted molar refractivity (Wildman–Crippen MR) is 217 cm³/mol. The standard InChI is InChI=1S/C28H27FN2O5.C7H7Cl2N.C5H2Cl3N/c1-3-17-13-22(20-16-30-28-19(20)5-4-6-21(28)29)31-23(14-17)25(34)9-8-24(33)18-7-10-26(36-12-11-32)27(15-18)35-2;1-2-5-3-6(8)10-7(9)4-5;6-3-1-4(7)9-5(8)2-3/h4-7,10,13-16,30,32H,3,8-9,11-12H2,1-2H3;3-4H,2H2,1H3;1-2H. The Morgan fingerprint density at radius 1 is 0.764 bits per heavy atom. The van der Waals surface area contributed by atoms with Crippen molar-refractivity contribution in [2.75, 3.05) is 20.3 Å². The summed E-state index contributed by atoms with van der Waals surface area (Å²) < 4.78 is 24.8. The predicted octanol–water partition coefficient (Wildman–Crippen LogP) is 11.1. The SMILES string of the molecule is CCc1cc(C(=O)CCC(=O)c2ccc(OCCO)c(OC)c2)nc(-c2c[nH]c3c(F)cccc23)c1.CCc1cc(Cl)nc(Cl)c1.Clc1cc(Cl)nc(Cl)c1. The molecule has 288 valence electrons. The third kappa shape index (κ3) is 12.6. The van der Waals surface area contributed by atoms with Crippen LogP contribution in [-0.4, -0.2) is 56.9 Å². The second-order valence-corrected chi connectivity index (χ2v) is 13.6. The van der Waals surface area contributed by atoms with Crippen LogP contribution in [0.3, 0.4) is 0 Å². The van der Waals surface area contributed by atoms with Gasteiger partial charge >= 0.3 is 0 Å². The topological polar surface area (TPSA) is 127 Å². The Kier molecular flexibility index (Phi) is 16.7. The average Bonchev–Trinajstić information content (AvgIpc) is 3.61. The van der Waals surface area contributed by atoms with Gasteiger partial charge in [-0.15, -0.1) is 0 Å². The molecule has 6 rings (SSSR count). The molecule has 0 atom stereocenters. The number of hydrogen-bond donors (Lipinski definition) is 2. The maximum Gasteiger partial charge on any atom is 0.181 e. The number of aromatic nitrogens is 4. The molecule has 0 saturated carbocycles. The van der Waals surface area contributed by atoms with E-state index in [9.17, 15) is 14.0 Å². The number of Topliss-reactive ketones (excluding diaryl/α,β-unsaturated/α-hetero) is 2. The highest BCUT2D eigenvalue weighted by Crippen LogP contribution is 2.31. The van der Waals surface area contributed by atoms with Gasteiger partial charge in [-0.1, -0.05) is 84.0 Å². The number of carbonyl (C=O) groups is 2. The van der Waals surface area contributed by atoms with Gasteiger partial charge in [0.25, 0.3) is 0 Å². The molecule has 0 amide bonds. The summed E-state index contributed by atoms with van der Waals surface area (Å²) in [6.07, 6.45) is 3.31. The fourth-order valence-electron chi connectivity index (χ4n) is 5.17. The molecule has 4 aromatic heterocycles. The average molecular weight is 849 g/mol. The van der Waals surface area contributed by atoms with E-state index >= 15 is 0 Å². The molecular formula is C40H36Cl5FN4O5. The number of pyridine rings is 3. The summed E-state index contributed by atoms with van der Waals surface area (Å²) in [6, 6.07) is 19.9. The highest BCUT2D eigenvalue weighted by Gasteiger charge is 2.18. The Morgan fingerprint density at radius 2 is 1.38 bits per heavy atom. The number of nitrogens with one attached hydrogen (secondary N) is 1. The first-order valence-corrected chi connectivity index (χ1v) is 18.8. The minimum atomic E-state index is -0.357. The smallest absolute Gasteiger partial charge is 0.181 e. The van der Waals surface area contributed by atoms with E-state index in [0.29, 0.717) is 71.3 Å². The van der Waals surface area contributed by atoms with E-state index in [1.807, 2.05) is 32.0 Å². The number of aliphatic hydroxyl groups excluding tert-OH is 1. The summed E-state index contributed by atoms with van der Waals surface area (Å²) in [7, 11) is 1.46. The molecule has 0 aliphatic rings. The number of benzene rings is 2. The molecule has 2 N–H and O–H groups in total. The molecule has 0 aliphatic heterocycles. The van der Waals surface area contributed by atoms with E-state index < -0.39 is 0 Å². The third-order valence-electron chi connectivity index (χ3n) is 7.89. The lowest BCUT2D eigenvalue weighted by Crippen LogP contribution is -2.09. The Bertz CT molecular complexity index is 2200. The summed E-state index contributed by atoms with van der Waals surface area (Å²) >= 11 is 27.7. The Balaban J connectivity index is 0.000000287. The van der Waals surface area contributed by atoms with E-state index in [-0.39, 0.29) is 49.1 Å². The van der Waals surface area contributed by atoms with Crippen molar-refractivity contribution in [1.29, 1.82) is 0 Å². The number of aromatic amines is 1. The highest BCUT2D eigenvalue weighted by molar-refractivity contribution is 6.36. The van der Waals surface area contributed by atoms with Crippen LogP contribution in [0.15, 0.2) is 79.0 Å². The van der Waals surface area contributed by atoms with E-state index in [2.05, 4.69) is 19.9 Å². The number of para-hydroxylation sites is 1. The van der Waals surface area contributed by atoms with E-state index in [4.69, 9.17) is 72.6 Å². The summed E-state index contributed by atoms with van der Waals surface area (Å²) in [5, 5.41) is 11.7. The molecule has 15 heteroatoms. The second kappa shape index (κ2) is 21.1. The Hall–Kier alpha value is -4.29. The molecule has 2 aromatic carbocycles. The molecule has 0 unspecified atom stereocenters. The minimum Gasteiger partial charge on any atom is -0.493 e. The first kappa shape index (κ1) is 43.4. The molecule has 9 nitrogen and oxygen atoms in total. The van der Waals surface area contributed by atoms with Crippen LogP contribution < -0.4 is 9.47 Å². The van der Waals surface area contributed by atoms with Gasteiger partial charge in [-0.3, -0.25) is 9.59 Å². The van der Waals surface area contributed by atoms with E-state index in [0.717, 1.165) is 17.5 Å². The number of nitrogens with zero attached hydrogens (tertiary/aromatic N) is 3. The molecule has 6 aromatic rings. The number of rotatable bonds is 12. The molecule has 0 fully saturated rings. The molecule has 0 saturated heterocycles. The Labute approximate surface area is 342 Å². The van der Waals surface area contributed by atoms with Gasteiger partial charge < -0.3 is 19.6 Å². The Morgan fingerprint density at radius 3 is 1.98 bits per heavy atom. The summed E-state index contributed by atoms with van der Waals surface area (Å²) in [6.45, 7) is 3.99. The molecule has 0 radical (unpaired) electrons. The van der Waals surface area contributed by atoms with Crippen molar-refractivity contribution >= 4 is 80.5 Å². The van der Waals surface area contributed by atoms with Crippen LogP contribution in [0, 0.1) is 5.82 Å². The molecule has 55 heavy (non-hydrogen) atoms. The summed E-state index contributed by atoms with van der Waals surface area (Å²) in [4.78, 5) is 40.8. The number of fused-ring (bicyclic) bond motifs is 1. The van der Waals surface area contributed by atoms with E-state index in [1.165, 1.54) is 25.3 Å². The largest absolute Gasteiger partial charge is 0.493 e. The number of ether oxygens (including phenoxy) is 2. The van der Waals surface area contributed by atoms with Gasteiger partial charge in [0, 0.05) is 40.6 Å². The fraction of sp³-hybridized carbons (Fsp3) is 0.225. The maximum atomic E-state index is 14.1. The van der Waals surface area contributed by atoms with Crippen molar-refractivity contribution in [1.82, 2.24) is 19.9 Å². The van der Waals surface area contributed by atoms with Crippen molar-refractivity contribution in [3.05, 3.63) is 133 Å². The lowest BCUT2D eigenvalue weighted by Gasteiger charge is -2.11. The van der Waals surface area contributed by atoms with Crippen molar-refractivity contribution < 1.29 is 28.6 Å². The van der Waals surface area contributed by atoms with Gasteiger partial charge in [0.15, 0.2) is 23.1 Å². The number of halogens is 6. The normalized spacial score (nSPS) is 10.6. The van der Waals surface area contributed by atoms with Gasteiger partial charge in [0.1, 0.15) is 38.7 Å². The van der Waals surface area contributed by atoms with Gasteiger partial charge in [0.05, 0.1) is 24.9 Å². The molecule has 0 aliphatic carbocycles. The number of aliphatic hydroxyl groups is 1. The zero-order valence-electron chi connectivity index (χ0n) is 29.9. The monoisotopic (exact) mass is 846 g/mol. The number of H-pyrrole nitrogens is 1. The molecule has 0 bridgehead atoms. The third-order valence-corrected chi connectivity index (χ3v) is 8.88. The second-order valence-electron chi connectivity index (χ2n) is 11.7. The van der Waals surface area contributed by atoms with Crippen LogP contribution in [0.4, 0.5) is 4.39 Å². The summed E-state index contributed by atoms with van der Waals surface area (Å²) in [5.74, 6) is -0.0258. The van der Waals surface area contributed by atoms with Crippen LogP contribution in [0.25, 0.3) is 22.2 Å². The number of carbonyl (C=O) groups excluding carboxylic acids is 2. The first-order valence-electron chi connectivity index (χ1n) is 16.9. The van der Waals surface area contributed by atoms with Gasteiger partial charge in [-0.2, -0.15) is 0 Å². The molecule has 0 spiro atoms. The quantitative estimate of drug-likeness (QED) is 0.0920. The van der Waals surface area contributed by atoms with Crippen molar-refractivity contribution in [3.63, 3.8) is 0 Å².